The number of hydrogen-bond donors (Lipinski definition) is 0. The quantitative estimate of drug-likeness (QED) is 0.325. The number of aromatic nitrogens is 1. The van der Waals surface area contributed by atoms with Gasteiger partial charge in [-0.2, -0.15) is 0 Å². The molecule has 124 valence electrons. The van der Waals surface area contributed by atoms with E-state index in [9.17, 15) is 0 Å². The second kappa shape index (κ2) is 4.53. The van der Waals surface area contributed by atoms with Crippen LogP contribution in [0.5, 0.6) is 0 Å². The number of benzene rings is 3. The summed E-state index contributed by atoms with van der Waals surface area (Å²) in [6, 6.07) is 21.3. The highest BCUT2D eigenvalue weighted by atomic mass is 16.3. The van der Waals surface area contributed by atoms with Gasteiger partial charge in [-0.05, 0) is 40.8 Å². The molecule has 2 heterocycles. The molecule has 0 atom stereocenters. The molecule has 1 aliphatic carbocycles. The third-order valence-electron chi connectivity index (χ3n) is 5.89. The molecule has 0 spiro atoms. The Morgan fingerprint density at radius 3 is 2.65 bits per heavy atom. The molecule has 2 nitrogen and oxygen atoms in total. The molecule has 6 rings (SSSR count). The summed E-state index contributed by atoms with van der Waals surface area (Å²) in [5, 5.41) is 4.80. The van der Waals surface area contributed by atoms with Crippen molar-refractivity contribution < 1.29 is 4.42 Å². The maximum atomic E-state index is 6.36. The van der Waals surface area contributed by atoms with Crippen molar-refractivity contribution in [2.75, 3.05) is 0 Å². The molecule has 0 unspecified atom stereocenters. The Morgan fingerprint density at radius 1 is 0.846 bits per heavy atom. The lowest BCUT2D eigenvalue weighted by Gasteiger charge is -2.21. The third-order valence-corrected chi connectivity index (χ3v) is 5.89. The van der Waals surface area contributed by atoms with Crippen LogP contribution in [-0.2, 0) is 5.41 Å². The zero-order valence-corrected chi connectivity index (χ0v) is 14.7. The van der Waals surface area contributed by atoms with E-state index in [1.807, 2.05) is 12.3 Å². The van der Waals surface area contributed by atoms with Gasteiger partial charge < -0.3 is 4.42 Å². The van der Waals surface area contributed by atoms with Crippen LogP contribution in [0.1, 0.15) is 25.0 Å². The summed E-state index contributed by atoms with van der Waals surface area (Å²) < 4.78 is 6.36. The highest BCUT2D eigenvalue weighted by molar-refractivity contribution is 6.17. The van der Waals surface area contributed by atoms with Crippen LogP contribution in [-0.4, -0.2) is 4.98 Å². The summed E-state index contributed by atoms with van der Waals surface area (Å²) in [5.41, 5.74) is 6.79. The van der Waals surface area contributed by atoms with Crippen molar-refractivity contribution in [3.63, 3.8) is 0 Å². The topological polar surface area (TPSA) is 26.0 Å². The average molecular weight is 335 g/mol. The van der Waals surface area contributed by atoms with Crippen LogP contribution in [0.15, 0.2) is 71.3 Å². The summed E-state index contributed by atoms with van der Waals surface area (Å²) in [4.78, 5) is 4.69. The molecule has 3 aromatic carbocycles. The van der Waals surface area contributed by atoms with Crippen LogP contribution < -0.4 is 0 Å². The standard InChI is InChI=1S/C24H17NO/c1-24(2)18-8-5-13-25-22(18)17-11-12-19-20(21(17)24)16-10-9-14-6-3-4-7-15(14)23(16)26-19/h3-13H,1-2H3. The number of rotatable bonds is 0. The van der Waals surface area contributed by atoms with Crippen molar-refractivity contribution in [1.82, 2.24) is 4.98 Å². The molecule has 0 amide bonds. The van der Waals surface area contributed by atoms with Gasteiger partial charge in [0.2, 0.25) is 0 Å². The molecule has 0 fully saturated rings. The zero-order valence-electron chi connectivity index (χ0n) is 14.7. The SMILES string of the molecule is CC1(C)c2cccnc2-c2ccc3oc4c5ccccc5ccc4c3c21. The Balaban J connectivity index is 1.84. The summed E-state index contributed by atoms with van der Waals surface area (Å²) in [6.07, 6.45) is 1.88. The number of nitrogens with zero attached hydrogens (tertiary/aromatic N) is 1. The molecule has 26 heavy (non-hydrogen) atoms. The normalized spacial score (nSPS) is 14.8. The lowest BCUT2D eigenvalue weighted by atomic mass is 9.80. The molecule has 2 heteroatoms. The van der Waals surface area contributed by atoms with Crippen molar-refractivity contribution in [3.8, 4) is 11.3 Å². The molecule has 1 aliphatic rings. The molecule has 0 saturated carbocycles. The highest BCUT2D eigenvalue weighted by Gasteiger charge is 2.38. The summed E-state index contributed by atoms with van der Waals surface area (Å²) in [5.74, 6) is 0. The van der Waals surface area contributed by atoms with E-state index in [0.29, 0.717) is 0 Å². The minimum absolute atomic E-state index is 0.0963. The lowest BCUT2D eigenvalue weighted by Crippen LogP contribution is -2.15. The van der Waals surface area contributed by atoms with Gasteiger partial charge in [-0.15, -0.1) is 0 Å². The van der Waals surface area contributed by atoms with Gasteiger partial charge >= 0.3 is 0 Å². The van der Waals surface area contributed by atoms with Gasteiger partial charge in [0.15, 0.2) is 0 Å². The maximum Gasteiger partial charge on any atom is 0.143 e. The first kappa shape index (κ1) is 14.1. The first-order valence-corrected chi connectivity index (χ1v) is 8.99. The summed E-state index contributed by atoms with van der Waals surface area (Å²) in [7, 11) is 0. The van der Waals surface area contributed by atoms with Crippen LogP contribution in [0.2, 0.25) is 0 Å². The Kier molecular flexibility index (Phi) is 2.45. The van der Waals surface area contributed by atoms with Gasteiger partial charge in [-0.3, -0.25) is 4.98 Å². The van der Waals surface area contributed by atoms with E-state index >= 15 is 0 Å². The lowest BCUT2D eigenvalue weighted by molar-refractivity contribution is 0.657. The predicted octanol–water partition coefficient (Wildman–Crippen LogP) is 6.44. The highest BCUT2D eigenvalue weighted by Crippen LogP contribution is 2.52. The Morgan fingerprint density at radius 2 is 1.73 bits per heavy atom. The molecule has 0 N–H and O–H groups in total. The van der Waals surface area contributed by atoms with Crippen LogP contribution in [0.3, 0.4) is 0 Å². The van der Waals surface area contributed by atoms with Crippen molar-refractivity contribution in [3.05, 3.63) is 78.0 Å². The first-order valence-electron chi connectivity index (χ1n) is 8.99. The van der Waals surface area contributed by atoms with E-state index in [1.54, 1.807) is 0 Å². The molecule has 5 aromatic rings. The fourth-order valence-corrected chi connectivity index (χ4v) is 4.70. The predicted molar refractivity (Wildman–Crippen MR) is 107 cm³/mol. The number of pyridine rings is 1. The van der Waals surface area contributed by atoms with Crippen LogP contribution in [0.4, 0.5) is 0 Å². The number of hydrogen-bond acceptors (Lipinski definition) is 2. The van der Waals surface area contributed by atoms with Gasteiger partial charge in [0.1, 0.15) is 11.2 Å². The number of furan rings is 1. The second-order valence-electron chi connectivity index (χ2n) is 7.65. The van der Waals surface area contributed by atoms with E-state index in [0.717, 1.165) is 16.9 Å². The molecule has 2 aromatic heterocycles. The molecule has 0 radical (unpaired) electrons. The first-order chi connectivity index (χ1) is 12.7. The van der Waals surface area contributed by atoms with E-state index in [4.69, 9.17) is 4.42 Å². The van der Waals surface area contributed by atoms with E-state index in [2.05, 4.69) is 73.4 Å². The second-order valence-corrected chi connectivity index (χ2v) is 7.65. The van der Waals surface area contributed by atoms with E-state index in [1.165, 1.54) is 38.2 Å². The fourth-order valence-electron chi connectivity index (χ4n) is 4.70. The van der Waals surface area contributed by atoms with Gasteiger partial charge in [0.05, 0.1) is 5.69 Å². The van der Waals surface area contributed by atoms with Crippen molar-refractivity contribution >= 4 is 32.7 Å². The molecule has 0 aliphatic heterocycles. The van der Waals surface area contributed by atoms with E-state index < -0.39 is 0 Å². The van der Waals surface area contributed by atoms with Gasteiger partial charge in [-0.25, -0.2) is 0 Å². The molecule has 0 saturated heterocycles. The van der Waals surface area contributed by atoms with Crippen molar-refractivity contribution in [1.29, 1.82) is 0 Å². The number of fused-ring (bicyclic) bond motifs is 9. The van der Waals surface area contributed by atoms with E-state index in [-0.39, 0.29) is 5.41 Å². The summed E-state index contributed by atoms with van der Waals surface area (Å²) in [6.45, 7) is 4.58. The van der Waals surface area contributed by atoms with Crippen LogP contribution >= 0.6 is 0 Å². The Hall–Kier alpha value is -3.13. The zero-order chi connectivity index (χ0) is 17.5. The third kappa shape index (κ3) is 1.55. The average Bonchev–Trinajstić information content (AvgIpc) is 3.16. The minimum atomic E-state index is -0.0963. The van der Waals surface area contributed by atoms with Gasteiger partial charge in [0.25, 0.3) is 0 Å². The minimum Gasteiger partial charge on any atom is -0.455 e. The largest absolute Gasteiger partial charge is 0.455 e. The fraction of sp³-hybridized carbons (Fsp3) is 0.125. The van der Waals surface area contributed by atoms with Gasteiger partial charge in [0, 0.05) is 33.3 Å². The van der Waals surface area contributed by atoms with Crippen LogP contribution in [0, 0.1) is 0 Å². The monoisotopic (exact) mass is 335 g/mol. The van der Waals surface area contributed by atoms with Crippen molar-refractivity contribution in [2.24, 2.45) is 0 Å². The molecular formula is C24H17NO. The molecular weight excluding hydrogens is 318 g/mol. The van der Waals surface area contributed by atoms with Crippen LogP contribution in [0.25, 0.3) is 44.0 Å². The molecule has 0 bridgehead atoms. The Labute approximate surface area is 151 Å². The Bertz CT molecular complexity index is 1360. The smallest absolute Gasteiger partial charge is 0.143 e. The maximum absolute atomic E-state index is 6.36. The summed E-state index contributed by atoms with van der Waals surface area (Å²) >= 11 is 0. The van der Waals surface area contributed by atoms with Crippen molar-refractivity contribution in [2.45, 2.75) is 19.3 Å². The van der Waals surface area contributed by atoms with Gasteiger partial charge in [-0.1, -0.05) is 50.2 Å².